The Labute approximate surface area is 90.7 Å². The van der Waals surface area contributed by atoms with Gasteiger partial charge < -0.3 is 16.2 Å². The molecule has 0 spiro atoms. The average molecular weight is 206 g/mol. The highest BCUT2D eigenvalue weighted by Gasteiger charge is 2.13. The second kappa shape index (κ2) is 4.36. The van der Waals surface area contributed by atoms with E-state index in [1.807, 2.05) is 38.1 Å². The molecule has 1 rings (SSSR count). The fourth-order valence-corrected chi connectivity index (χ4v) is 1.10. The molecule has 3 heteroatoms. The topological polar surface area (TPSA) is 61.3 Å². The molecule has 0 aliphatic carbocycles. The summed E-state index contributed by atoms with van der Waals surface area (Å²) in [7, 11) is 0. The third-order valence-electron chi connectivity index (χ3n) is 1.88. The van der Waals surface area contributed by atoms with Gasteiger partial charge in [-0.3, -0.25) is 0 Å². The predicted molar refractivity (Wildman–Crippen MR) is 64.1 cm³/mol. The summed E-state index contributed by atoms with van der Waals surface area (Å²) in [5.41, 5.74) is 12.7. The molecule has 0 radical (unpaired) electrons. The van der Waals surface area contributed by atoms with Crippen LogP contribution in [0.4, 0.5) is 5.69 Å². The molecule has 1 aromatic rings. The molecule has 4 N–H and O–H groups in total. The fraction of sp³-hybridized carbons (Fsp3) is 0.333. The van der Waals surface area contributed by atoms with E-state index in [9.17, 15) is 0 Å². The molecular formula is C12H18N2O. The van der Waals surface area contributed by atoms with Crippen molar-refractivity contribution >= 4 is 11.4 Å². The second-order valence-corrected chi connectivity index (χ2v) is 4.29. The summed E-state index contributed by atoms with van der Waals surface area (Å²) in [4.78, 5) is 0. The molecule has 82 valence electrons. The number of rotatable bonds is 4. The van der Waals surface area contributed by atoms with Crippen molar-refractivity contribution in [3.8, 4) is 0 Å². The lowest BCUT2D eigenvalue weighted by molar-refractivity contribution is 0.212. The van der Waals surface area contributed by atoms with Crippen molar-refractivity contribution in [3.63, 3.8) is 0 Å². The van der Waals surface area contributed by atoms with Crippen LogP contribution in [0.5, 0.6) is 0 Å². The number of nitrogen functional groups attached to an aromatic ring is 1. The van der Waals surface area contributed by atoms with Crippen molar-refractivity contribution in [2.75, 3.05) is 12.3 Å². The highest BCUT2D eigenvalue weighted by molar-refractivity contribution is 5.69. The first-order valence-corrected chi connectivity index (χ1v) is 4.85. The zero-order chi connectivity index (χ0) is 11.5. The molecular weight excluding hydrogens is 188 g/mol. The number of hydrogen-bond acceptors (Lipinski definition) is 3. The quantitative estimate of drug-likeness (QED) is 0.585. The van der Waals surface area contributed by atoms with Crippen LogP contribution in [0.3, 0.4) is 0 Å². The maximum atomic E-state index is 5.80. The van der Waals surface area contributed by atoms with E-state index < -0.39 is 0 Å². The predicted octanol–water partition coefficient (Wildman–Crippen LogP) is 1.99. The lowest BCUT2D eigenvalue weighted by atomic mass is 10.1. The maximum absolute atomic E-state index is 5.80. The van der Waals surface area contributed by atoms with Crippen molar-refractivity contribution < 1.29 is 4.74 Å². The third kappa shape index (κ3) is 3.64. The number of para-hydroxylation sites is 1. The molecule has 0 amide bonds. The van der Waals surface area contributed by atoms with Crippen LogP contribution in [0.2, 0.25) is 0 Å². The summed E-state index contributed by atoms with van der Waals surface area (Å²) in [5, 5.41) is 0. The van der Waals surface area contributed by atoms with Crippen molar-refractivity contribution in [3.05, 3.63) is 36.4 Å². The van der Waals surface area contributed by atoms with Crippen LogP contribution in [0.25, 0.3) is 5.76 Å². The van der Waals surface area contributed by atoms with E-state index >= 15 is 0 Å². The molecule has 0 aliphatic rings. The van der Waals surface area contributed by atoms with Crippen molar-refractivity contribution in [2.24, 2.45) is 5.73 Å². The van der Waals surface area contributed by atoms with Crippen LogP contribution >= 0.6 is 0 Å². The number of ether oxygens (including phenoxy) is 1. The monoisotopic (exact) mass is 206 g/mol. The summed E-state index contributed by atoms with van der Waals surface area (Å²) in [6.45, 7) is 8.04. The summed E-state index contributed by atoms with van der Waals surface area (Å²) in [6, 6.07) is 7.46. The van der Waals surface area contributed by atoms with Gasteiger partial charge in [-0.05, 0) is 26.0 Å². The van der Waals surface area contributed by atoms with E-state index in [0.717, 1.165) is 5.56 Å². The summed E-state index contributed by atoms with van der Waals surface area (Å²) in [5.74, 6) is 0.562. The van der Waals surface area contributed by atoms with Gasteiger partial charge >= 0.3 is 0 Å². The molecule has 0 unspecified atom stereocenters. The number of hydrogen-bond donors (Lipinski definition) is 2. The molecule has 0 atom stereocenters. The zero-order valence-corrected chi connectivity index (χ0v) is 9.29. The number of nitrogens with two attached hydrogens (primary N) is 2. The third-order valence-corrected chi connectivity index (χ3v) is 1.88. The van der Waals surface area contributed by atoms with Gasteiger partial charge in [0.25, 0.3) is 0 Å². The number of benzene rings is 1. The van der Waals surface area contributed by atoms with Crippen LogP contribution in [0.1, 0.15) is 19.4 Å². The van der Waals surface area contributed by atoms with Gasteiger partial charge in [-0.15, -0.1) is 0 Å². The Morgan fingerprint density at radius 3 is 2.53 bits per heavy atom. The standard InChI is InChI=1S/C12H18N2O/c1-9(15-8-12(2,3)14)10-6-4-5-7-11(10)13/h4-7H,1,8,13-14H2,2-3H3. The van der Waals surface area contributed by atoms with Gasteiger partial charge in [-0.2, -0.15) is 0 Å². The molecule has 0 aromatic heterocycles. The fourth-order valence-electron chi connectivity index (χ4n) is 1.10. The Balaban J connectivity index is 2.66. The lowest BCUT2D eigenvalue weighted by Crippen LogP contribution is -2.37. The SMILES string of the molecule is C=C(OCC(C)(C)N)c1ccccc1N. The molecule has 0 saturated carbocycles. The van der Waals surface area contributed by atoms with Gasteiger partial charge in [0.05, 0.1) is 0 Å². The Morgan fingerprint density at radius 2 is 2.00 bits per heavy atom. The van der Waals surface area contributed by atoms with E-state index in [-0.39, 0.29) is 5.54 Å². The summed E-state index contributed by atoms with van der Waals surface area (Å²) in [6.07, 6.45) is 0. The Kier molecular flexibility index (Phi) is 3.37. The minimum Gasteiger partial charge on any atom is -0.492 e. The van der Waals surface area contributed by atoms with E-state index in [1.54, 1.807) is 0 Å². The molecule has 0 aliphatic heterocycles. The van der Waals surface area contributed by atoms with E-state index in [0.29, 0.717) is 18.1 Å². The van der Waals surface area contributed by atoms with Gasteiger partial charge in [-0.1, -0.05) is 18.7 Å². The zero-order valence-electron chi connectivity index (χ0n) is 9.29. The summed E-state index contributed by atoms with van der Waals surface area (Å²) >= 11 is 0. The minimum atomic E-state index is -0.369. The van der Waals surface area contributed by atoms with Crippen LogP contribution in [-0.2, 0) is 4.74 Å². The van der Waals surface area contributed by atoms with Gasteiger partial charge in [0.2, 0.25) is 0 Å². The Hall–Kier alpha value is -1.48. The summed E-state index contributed by atoms with van der Waals surface area (Å²) < 4.78 is 5.47. The van der Waals surface area contributed by atoms with Crippen LogP contribution in [0.15, 0.2) is 30.8 Å². The van der Waals surface area contributed by atoms with Crippen molar-refractivity contribution in [1.82, 2.24) is 0 Å². The molecule has 0 bridgehead atoms. The first-order chi connectivity index (χ1) is 6.90. The Bertz CT molecular complexity index is 353. The van der Waals surface area contributed by atoms with Crippen molar-refractivity contribution in [2.45, 2.75) is 19.4 Å². The largest absolute Gasteiger partial charge is 0.492 e. The molecule has 15 heavy (non-hydrogen) atoms. The van der Waals surface area contributed by atoms with Gasteiger partial charge in [0, 0.05) is 16.8 Å². The first kappa shape index (κ1) is 11.6. The van der Waals surface area contributed by atoms with Gasteiger partial charge in [-0.25, -0.2) is 0 Å². The average Bonchev–Trinajstić information content (AvgIpc) is 2.14. The maximum Gasteiger partial charge on any atom is 0.121 e. The van der Waals surface area contributed by atoms with E-state index in [2.05, 4.69) is 6.58 Å². The van der Waals surface area contributed by atoms with Crippen LogP contribution in [-0.4, -0.2) is 12.1 Å². The molecule has 0 saturated heterocycles. The molecule has 3 nitrogen and oxygen atoms in total. The highest BCUT2D eigenvalue weighted by Crippen LogP contribution is 2.21. The molecule has 1 aromatic carbocycles. The number of anilines is 1. The van der Waals surface area contributed by atoms with Gasteiger partial charge in [0.15, 0.2) is 0 Å². The lowest BCUT2D eigenvalue weighted by Gasteiger charge is -2.20. The Morgan fingerprint density at radius 1 is 1.40 bits per heavy atom. The second-order valence-electron chi connectivity index (χ2n) is 4.29. The van der Waals surface area contributed by atoms with Crippen molar-refractivity contribution in [1.29, 1.82) is 0 Å². The highest BCUT2D eigenvalue weighted by atomic mass is 16.5. The van der Waals surface area contributed by atoms with E-state index in [1.165, 1.54) is 0 Å². The van der Waals surface area contributed by atoms with Crippen LogP contribution in [0, 0.1) is 0 Å². The van der Waals surface area contributed by atoms with Gasteiger partial charge in [0.1, 0.15) is 12.4 Å². The molecule has 0 fully saturated rings. The van der Waals surface area contributed by atoms with E-state index in [4.69, 9.17) is 16.2 Å². The smallest absolute Gasteiger partial charge is 0.121 e. The molecule has 0 heterocycles. The minimum absolute atomic E-state index is 0.369. The van der Waals surface area contributed by atoms with Crippen LogP contribution < -0.4 is 11.5 Å². The normalized spacial score (nSPS) is 11.1. The first-order valence-electron chi connectivity index (χ1n) is 4.85.